The number of rotatable bonds is 3. The average Bonchev–Trinajstić information content (AvgIpc) is 3.06. The molecular formula is C25H29N4O2+. The molecule has 1 aromatic heterocycles. The molecule has 2 aromatic carbocycles. The van der Waals surface area contributed by atoms with Gasteiger partial charge in [0.05, 0.1) is 17.9 Å². The molecule has 0 unspecified atom stereocenters. The highest BCUT2D eigenvalue weighted by atomic mass is 16.3. The van der Waals surface area contributed by atoms with Crippen LogP contribution in [-0.4, -0.2) is 38.0 Å². The second-order valence-electron chi connectivity index (χ2n) is 8.58. The van der Waals surface area contributed by atoms with Gasteiger partial charge < -0.3 is 5.11 Å². The van der Waals surface area contributed by atoms with Crippen LogP contribution in [0.3, 0.4) is 0 Å². The second-order valence-corrected chi connectivity index (χ2v) is 8.58. The number of para-hydroxylation sites is 1. The summed E-state index contributed by atoms with van der Waals surface area (Å²) in [6.07, 6.45) is 4.18. The smallest absolute Gasteiger partial charge is 0.318 e. The predicted molar refractivity (Wildman–Crippen MR) is 122 cm³/mol. The lowest BCUT2D eigenvalue weighted by atomic mass is 10.00. The van der Waals surface area contributed by atoms with E-state index in [-0.39, 0.29) is 5.56 Å². The largest absolute Gasteiger partial charge is 0.346 e. The van der Waals surface area contributed by atoms with Gasteiger partial charge in [0.1, 0.15) is 0 Å². The van der Waals surface area contributed by atoms with Crippen molar-refractivity contribution in [3.8, 4) is 5.69 Å². The molecule has 0 amide bonds. The van der Waals surface area contributed by atoms with Crippen LogP contribution in [0.5, 0.6) is 0 Å². The van der Waals surface area contributed by atoms with E-state index in [0.717, 1.165) is 48.6 Å². The van der Waals surface area contributed by atoms with Crippen molar-refractivity contribution in [2.45, 2.75) is 38.3 Å². The Hall–Kier alpha value is -3.12. The monoisotopic (exact) mass is 417 g/mol. The molecule has 0 radical (unpaired) electrons. The van der Waals surface area contributed by atoms with Crippen LogP contribution in [0.1, 0.15) is 36.9 Å². The molecule has 5 rings (SSSR count). The molecular weight excluding hydrogens is 388 g/mol. The summed E-state index contributed by atoms with van der Waals surface area (Å²) < 4.78 is 5.85. The van der Waals surface area contributed by atoms with Crippen molar-refractivity contribution in [1.29, 1.82) is 0 Å². The van der Waals surface area contributed by atoms with E-state index in [1.54, 1.807) is 4.68 Å². The first-order valence-corrected chi connectivity index (χ1v) is 11.1. The zero-order chi connectivity index (χ0) is 21.6. The SMILES string of the molecule is Cc1c(N2C3=[N+](CCCCC3)C[C@]2(O)c2ccccc2)c(=O)n(-c2ccccc2)n1C. The first-order valence-electron chi connectivity index (χ1n) is 11.1. The molecule has 3 heterocycles. The van der Waals surface area contributed by atoms with E-state index in [1.165, 1.54) is 6.42 Å². The van der Waals surface area contributed by atoms with Crippen LogP contribution in [0.25, 0.3) is 5.69 Å². The normalized spacial score (nSPS) is 21.3. The molecule has 3 aromatic rings. The highest BCUT2D eigenvalue weighted by Crippen LogP contribution is 2.38. The number of aromatic nitrogens is 2. The third-order valence-electron chi connectivity index (χ3n) is 6.72. The summed E-state index contributed by atoms with van der Waals surface area (Å²) in [5.74, 6) is 1.05. The van der Waals surface area contributed by atoms with E-state index in [9.17, 15) is 9.90 Å². The maximum absolute atomic E-state index is 13.8. The summed E-state index contributed by atoms with van der Waals surface area (Å²) in [5.41, 5.74) is 1.62. The molecule has 160 valence electrons. The van der Waals surface area contributed by atoms with Crippen molar-refractivity contribution in [3.63, 3.8) is 0 Å². The average molecular weight is 418 g/mol. The molecule has 0 aliphatic carbocycles. The molecule has 0 saturated heterocycles. The fourth-order valence-corrected chi connectivity index (χ4v) is 5.07. The molecule has 6 nitrogen and oxygen atoms in total. The molecule has 31 heavy (non-hydrogen) atoms. The van der Waals surface area contributed by atoms with Crippen molar-refractivity contribution >= 4 is 11.5 Å². The maximum atomic E-state index is 13.8. The molecule has 2 aliphatic rings. The van der Waals surface area contributed by atoms with Crippen LogP contribution in [0, 0.1) is 6.92 Å². The van der Waals surface area contributed by atoms with Gasteiger partial charge in [-0.15, -0.1) is 0 Å². The van der Waals surface area contributed by atoms with E-state index in [1.807, 2.05) is 84.2 Å². The predicted octanol–water partition coefficient (Wildman–Crippen LogP) is 3.13. The summed E-state index contributed by atoms with van der Waals surface area (Å²) in [7, 11) is 1.90. The van der Waals surface area contributed by atoms with Crippen molar-refractivity contribution in [2.75, 3.05) is 18.0 Å². The third kappa shape index (κ3) is 3.05. The number of nitrogens with zero attached hydrogens (tertiary/aromatic N) is 4. The molecule has 0 spiro atoms. The molecule has 0 fully saturated rings. The van der Waals surface area contributed by atoms with Gasteiger partial charge in [-0.05, 0) is 38.3 Å². The summed E-state index contributed by atoms with van der Waals surface area (Å²) in [6, 6.07) is 19.4. The van der Waals surface area contributed by atoms with E-state index in [4.69, 9.17) is 0 Å². The van der Waals surface area contributed by atoms with Gasteiger partial charge in [0.15, 0.2) is 6.54 Å². The lowest BCUT2D eigenvalue weighted by molar-refractivity contribution is -0.534. The third-order valence-corrected chi connectivity index (χ3v) is 6.72. The highest BCUT2D eigenvalue weighted by molar-refractivity contribution is 5.97. The van der Waals surface area contributed by atoms with Crippen LogP contribution < -0.4 is 10.5 Å². The Balaban J connectivity index is 1.75. The summed E-state index contributed by atoms with van der Waals surface area (Å²) in [4.78, 5) is 15.8. The number of aliphatic hydroxyl groups is 1. The first-order chi connectivity index (χ1) is 15.0. The molecule has 2 aliphatic heterocycles. The van der Waals surface area contributed by atoms with Gasteiger partial charge in [-0.1, -0.05) is 48.5 Å². The number of hydrogen-bond donors (Lipinski definition) is 1. The van der Waals surface area contributed by atoms with E-state index >= 15 is 0 Å². The van der Waals surface area contributed by atoms with E-state index < -0.39 is 5.72 Å². The Labute approximate surface area is 182 Å². The topological polar surface area (TPSA) is 53.4 Å². The minimum absolute atomic E-state index is 0.112. The Morgan fingerprint density at radius 2 is 1.65 bits per heavy atom. The van der Waals surface area contributed by atoms with E-state index in [2.05, 4.69) is 4.58 Å². The minimum atomic E-state index is -1.28. The van der Waals surface area contributed by atoms with Crippen molar-refractivity contribution in [2.24, 2.45) is 7.05 Å². The lowest BCUT2D eigenvalue weighted by Gasteiger charge is -2.28. The molecule has 1 N–H and O–H groups in total. The number of hydrogen-bond acceptors (Lipinski definition) is 3. The summed E-state index contributed by atoms with van der Waals surface area (Å²) in [6.45, 7) is 3.33. The lowest BCUT2D eigenvalue weighted by Crippen LogP contribution is -2.49. The van der Waals surface area contributed by atoms with Gasteiger partial charge in [0, 0.05) is 19.0 Å². The first kappa shape index (κ1) is 19.8. The molecule has 0 saturated carbocycles. The fraction of sp³-hybridized carbons (Fsp3) is 0.360. The molecule has 0 bridgehead atoms. The van der Waals surface area contributed by atoms with Gasteiger partial charge in [-0.3, -0.25) is 14.1 Å². The Morgan fingerprint density at radius 3 is 2.35 bits per heavy atom. The van der Waals surface area contributed by atoms with Gasteiger partial charge in [-0.25, -0.2) is 4.68 Å². The number of amidine groups is 1. The second kappa shape index (κ2) is 7.54. The Morgan fingerprint density at radius 1 is 0.968 bits per heavy atom. The van der Waals surface area contributed by atoms with Gasteiger partial charge >= 0.3 is 5.56 Å². The zero-order valence-electron chi connectivity index (χ0n) is 18.2. The quantitative estimate of drug-likeness (QED) is 0.666. The van der Waals surface area contributed by atoms with Gasteiger partial charge in [0.25, 0.3) is 11.6 Å². The van der Waals surface area contributed by atoms with Crippen LogP contribution in [0.15, 0.2) is 65.5 Å². The van der Waals surface area contributed by atoms with Crippen LogP contribution in [0.2, 0.25) is 0 Å². The molecule has 6 heteroatoms. The highest BCUT2D eigenvalue weighted by Gasteiger charge is 2.56. The molecule has 1 atom stereocenters. The summed E-state index contributed by atoms with van der Waals surface area (Å²) >= 11 is 0. The summed E-state index contributed by atoms with van der Waals surface area (Å²) in [5, 5.41) is 12.1. The number of anilines is 1. The maximum Gasteiger partial charge on any atom is 0.318 e. The number of benzene rings is 2. The standard InChI is InChI=1S/C25H29N4O2/c1-19-23(24(30)29(26(19)2)21-14-8-4-9-15-21)28-22-16-10-5-11-17-27(22)18-25(28,31)20-12-6-3-7-13-20/h3-4,6-9,12-15,31H,5,10-11,16-18H2,1-2H3/q+1/t25-/m0/s1. The van der Waals surface area contributed by atoms with Crippen molar-refractivity contribution in [1.82, 2.24) is 9.36 Å². The van der Waals surface area contributed by atoms with Crippen LogP contribution >= 0.6 is 0 Å². The van der Waals surface area contributed by atoms with Crippen molar-refractivity contribution in [3.05, 3.63) is 82.3 Å². The van der Waals surface area contributed by atoms with Crippen molar-refractivity contribution < 1.29 is 9.68 Å². The Kier molecular flexibility index (Phi) is 4.82. The van der Waals surface area contributed by atoms with Crippen LogP contribution in [0.4, 0.5) is 5.69 Å². The van der Waals surface area contributed by atoms with Crippen LogP contribution in [-0.2, 0) is 12.8 Å². The fourth-order valence-electron chi connectivity index (χ4n) is 5.07. The minimum Gasteiger partial charge on any atom is -0.346 e. The Bertz CT molecular complexity index is 1190. The van der Waals surface area contributed by atoms with Gasteiger partial charge in [0.2, 0.25) is 5.69 Å². The van der Waals surface area contributed by atoms with Gasteiger partial charge in [-0.2, -0.15) is 4.90 Å². The van der Waals surface area contributed by atoms with E-state index in [0.29, 0.717) is 12.2 Å². The zero-order valence-corrected chi connectivity index (χ0v) is 18.2.